The van der Waals surface area contributed by atoms with Gasteiger partial charge in [0.25, 0.3) is 5.91 Å². The maximum atomic E-state index is 12.0. The van der Waals surface area contributed by atoms with Gasteiger partial charge in [0.05, 0.1) is 16.6 Å². The van der Waals surface area contributed by atoms with Crippen LogP contribution in [-0.2, 0) is 6.42 Å². The van der Waals surface area contributed by atoms with E-state index in [9.17, 15) is 4.79 Å². The predicted octanol–water partition coefficient (Wildman–Crippen LogP) is 3.37. The second-order valence-corrected chi connectivity index (χ2v) is 6.63. The van der Waals surface area contributed by atoms with E-state index in [-0.39, 0.29) is 5.91 Å². The van der Waals surface area contributed by atoms with E-state index in [0.717, 1.165) is 22.2 Å². The average Bonchev–Trinajstić information content (AvgIpc) is 3.05. The highest BCUT2D eigenvalue weighted by molar-refractivity contribution is 9.10. The first-order valence-corrected chi connectivity index (χ1v) is 8.92. The number of amides is 1. The van der Waals surface area contributed by atoms with Crippen LogP contribution in [0, 0.1) is 6.92 Å². The topological polar surface area (TPSA) is 93.0 Å². The molecule has 4 N–H and O–H groups in total. The molecule has 1 heterocycles. The highest BCUT2D eigenvalue weighted by Crippen LogP contribution is 2.32. The number of aromatic amines is 1. The molecule has 6 nitrogen and oxygen atoms in total. The molecule has 0 aliphatic heterocycles. The summed E-state index contributed by atoms with van der Waals surface area (Å²) >= 11 is 3.53. The Morgan fingerprint density at radius 3 is 2.73 bits per heavy atom. The monoisotopic (exact) mass is 414 g/mol. The molecule has 0 spiro atoms. The quantitative estimate of drug-likeness (QED) is 0.327. The fourth-order valence-corrected chi connectivity index (χ4v) is 3.17. The van der Waals surface area contributed by atoms with Gasteiger partial charge in [-0.1, -0.05) is 30.3 Å². The molecule has 134 valence electrons. The van der Waals surface area contributed by atoms with Gasteiger partial charge in [-0.15, -0.1) is 0 Å². The largest absolute Gasteiger partial charge is 0.492 e. The Balaban J connectivity index is 1.75. The van der Waals surface area contributed by atoms with Gasteiger partial charge < -0.3 is 4.74 Å². The number of hydrazine groups is 1. The van der Waals surface area contributed by atoms with Crippen molar-refractivity contribution < 1.29 is 9.53 Å². The number of aryl methyl sites for hydroxylation is 1. The molecule has 0 unspecified atom stereocenters. The molecule has 0 aliphatic rings. The van der Waals surface area contributed by atoms with Gasteiger partial charge in [-0.25, -0.2) is 5.84 Å². The lowest BCUT2D eigenvalue weighted by Crippen LogP contribution is -2.30. The summed E-state index contributed by atoms with van der Waals surface area (Å²) in [5.74, 6) is 5.62. The molecule has 7 heteroatoms. The summed E-state index contributed by atoms with van der Waals surface area (Å²) in [6.07, 6.45) is 0.828. The number of carbonyl (C=O) groups excluding carboxylic acids is 1. The number of nitrogens with one attached hydrogen (secondary N) is 2. The highest BCUT2D eigenvalue weighted by Gasteiger charge is 2.19. The van der Waals surface area contributed by atoms with E-state index >= 15 is 0 Å². The Morgan fingerprint density at radius 1 is 1.27 bits per heavy atom. The highest BCUT2D eigenvalue weighted by atomic mass is 79.9. The summed E-state index contributed by atoms with van der Waals surface area (Å²) in [4.78, 5) is 12.0. The number of benzene rings is 2. The number of rotatable bonds is 6. The Kier molecular flexibility index (Phi) is 5.70. The van der Waals surface area contributed by atoms with Gasteiger partial charge in [-0.3, -0.25) is 15.3 Å². The third kappa shape index (κ3) is 3.95. The number of nitrogen functional groups attached to an aromatic ring is 1. The maximum Gasteiger partial charge on any atom is 0.269 e. The third-order valence-corrected chi connectivity index (χ3v) is 4.62. The SMILES string of the molecule is Cc1[nH]nc(-c2ccc(OCCc3ccccc3)c(Br)c2)c1C(=O)NN. The number of H-pyrrole nitrogens is 1. The number of hydrogen-bond donors (Lipinski definition) is 3. The van der Waals surface area contributed by atoms with Crippen LogP contribution in [-0.4, -0.2) is 22.7 Å². The van der Waals surface area contributed by atoms with Crippen molar-refractivity contribution in [3.8, 4) is 17.0 Å². The van der Waals surface area contributed by atoms with E-state index in [4.69, 9.17) is 10.6 Å². The van der Waals surface area contributed by atoms with Gasteiger partial charge in [-0.05, 0) is 46.6 Å². The lowest BCUT2D eigenvalue weighted by Gasteiger charge is -2.10. The Labute approximate surface area is 159 Å². The predicted molar refractivity (Wildman–Crippen MR) is 104 cm³/mol. The van der Waals surface area contributed by atoms with Crippen LogP contribution in [0.3, 0.4) is 0 Å². The first kappa shape index (κ1) is 18.2. The Morgan fingerprint density at radius 2 is 2.04 bits per heavy atom. The summed E-state index contributed by atoms with van der Waals surface area (Å²) in [7, 11) is 0. The molecule has 0 aliphatic carbocycles. The van der Waals surface area contributed by atoms with Crippen molar-refractivity contribution in [1.29, 1.82) is 0 Å². The maximum absolute atomic E-state index is 12.0. The van der Waals surface area contributed by atoms with Gasteiger partial charge >= 0.3 is 0 Å². The van der Waals surface area contributed by atoms with E-state index in [1.807, 2.05) is 36.4 Å². The van der Waals surface area contributed by atoms with Crippen molar-refractivity contribution in [2.45, 2.75) is 13.3 Å². The molecule has 0 fully saturated rings. The normalized spacial score (nSPS) is 10.6. The van der Waals surface area contributed by atoms with E-state index in [1.54, 1.807) is 6.92 Å². The number of ether oxygens (including phenoxy) is 1. The minimum atomic E-state index is -0.384. The molecule has 3 aromatic rings. The molecule has 0 atom stereocenters. The average molecular weight is 415 g/mol. The number of carbonyl (C=O) groups is 1. The fraction of sp³-hybridized carbons (Fsp3) is 0.158. The Hall–Kier alpha value is -2.64. The minimum absolute atomic E-state index is 0.384. The standard InChI is InChI=1S/C19H19BrN4O2/c1-12-17(19(25)22-21)18(24-23-12)14-7-8-16(15(20)11-14)26-10-9-13-5-3-2-4-6-13/h2-8,11H,9-10,21H2,1H3,(H,22,25)(H,23,24). The number of aromatic nitrogens is 2. The molecule has 0 radical (unpaired) electrons. The molecular weight excluding hydrogens is 396 g/mol. The van der Waals surface area contributed by atoms with Crippen LogP contribution in [0.25, 0.3) is 11.3 Å². The third-order valence-electron chi connectivity index (χ3n) is 4.00. The van der Waals surface area contributed by atoms with Gasteiger partial charge in [-0.2, -0.15) is 5.10 Å². The van der Waals surface area contributed by atoms with Crippen molar-refractivity contribution in [2.75, 3.05) is 6.61 Å². The van der Waals surface area contributed by atoms with Gasteiger partial charge in [0.2, 0.25) is 0 Å². The summed E-state index contributed by atoms with van der Waals surface area (Å²) in [6.45, 7) is 2.35. The zero-order chi connectivity index (χ0) is 18.5. The van der Waals surface area contributed by atoms with E-state index < -0.39 is 0 Å². The summed E-state index contributed by atoms with van der Waals surface area (Å²) in [6, 6.07) is 15.8. The van der Waals surface area contributed by atoms with Crippen LogP contribution in [0.4, 0.5) is 0 Å². The second-order valence-electron chi connectivity index (χ2n) is 5.77. The van der Waals surface area contributed by atoms with Crippen LogP contribution >= 0.6 is 15.9 Å². The van der Waals surface area contributed by atoms with Crippen LogP contribution in [0.1, 0.15) is 21.6 Å². The molecule has 1 amide bonds. The molecule has 2 aromatic carbocycles. The Bertz CT molecular complexity index is 909. The molecule has 0 saturated carbocycles. The van der Waals surface area contributed by atoms with Crippen molar-refractivity contribution >= 4 is 21.8 Å². The summed E-state index contributed by atoms with van der Waals surface area (Å²) < 4.78 is 6.66. The smallest absolute Gasteiger partial charge is 0.269 e. The molecule has 0 bridgehead atoms. The van der Waals surface area contributed by atoms with E-state index in [2.05, 4.69) is 43.7 Å². The summed E-state index contributed by atoms with van der Waals surface area (Å²) in [5.41, 5.74) is 5.79. The molecule has 1 aromatic heterocycles. The molecule has 3 rings (SSSR count). The number of nitrogens with two attached hydrogens (primary N) is 1. The van der Waals surface area contributed by atoms with Crippen LogP contribution in [0.5, 0.6) is 5.75 Å². The second kappa shape index (κ2) is 8.16. The van der Waals surface area contributed by atoms with Gasteiger partial charge in [0, 0.05) is 17.7 Å². The lowest BCUT2D eigenvalue weighted by molar-refractivity contribution is 0.0954. The van der Waals surface area contributed by atoms with Crippen molar-refractivity contribution in [2.24, 2.45) is 5.84 Å². The van der Waals surface area contributed by atoms with Crippen molar-refractivity contribution in [1.82, 2.24) is 15.6 Å². The summed E-state index contributed by atoms with van der Waals surface area (Å²) in [5, 5.41) is 7.05. The first-order chi connectivity index (χ1) is 12.6. The van der Waals surface area contributed by atoms with Crippen molar-refractivity contribution in [3.05, 3.63) is 69.8 Å². The van der Waals surface area contributed by atoms with E-state index in [1.165, 1.54) is 5.56 Å². The number of nitrogens with zero attached hydrogens (tertiary/aromatic N) is 1. The lowest BCUT2D eigenvalue weighted by atomic mass is 10.1. The molecule has 0 saturated heterocycles. The molecule has 26 heavy (non-hydrogen) atoms. The molecular formula is C19H19BrN4O2. The zero-order valence-corrected chi connectivity index (χ0v) is 15.8. The van der Waals surface area contributed by atoms with Gasteiger partial charge in [0.15, 0.2) is 0 Å². The van der Waals surface area contributed by atoms with Crippen LogP contribution in [0.2, 0.25) is 0 Å². The van der Waals surface area contributed by atoms with Crippen LogP contribution in [0.15, 0.2) is 53.0 Å². The van der Waals surface area contributed by atoms with Crippen LogP contribution < -0.4 is 16.0 Å². The minimum Gasteiger partial charge on any atom is -0.492 e. The fourth-order valence-electron chi connectivity index (χ4n) is 2.68. The number of hydrogen-bond acceptors (Lipinski definition) is 4. The first-order valence-electron chi connectivity index (χ1n) is 8.12. The van der Waals surface area contributed by atoms with E-state index in [0.29, 0.717) is 23.6 Å². The van der Waals surface area contributed by atoms with Crippen molar-refractivity contribution in [3.63, 3.8) is 0 Å². The zero-order valence-electron chi connectivity index (χ0n) is 14.3. The number of halogens is 1. The van der Waals surface area contributed by atoms with Gasteiger partial charge in [0.1, 0.15) is 11.4 Å².